The Kier molecular flexibility index (Phi) is 6.41. The van der Waals surface area contributed by atoms with Crippen molar-refractivity contribution < 1.29 is 9.47 Å². The molecule has 0 aromatic carbocycles. The van der Waals surface area contributed by atoms with Gasteiger partial charge in [0, 0.05) is 52.5 Å². The Bertz CT molecular complexity index is 212. The zero-order valence-electron chi connectivity index (χ0n) is 11.8. The third-order valence-corrected chi connectivity index (χ3v) is 3.96. The third kappa shape index (κ3) is 4.84. The minimum absolute atomic E-state index is 0.494. The molecule has 0 bridgehead atoms. The molecule has 0 N–H and O–H groups in total. The largest absolute Gasteiger partial charge is 0.380 e. The molecule has 1 atom stereocenters. The standard InChI is InChI=1S/C14H28N2O2/c1-2-17-12-10-15-6-8-16(9-7-15)13-14-5-3-4-11-18-14/h14H,2-13H2,1H3/t14-/m1/s1. The minimum atomic E-state index is 0.494. The van der Waals surface area contributed by atoms with Crippen LogP contribution in [0.2, 0.25) is 0 Å². The molecule has 18 heavy (non-hydrogen) atoms. The van der Waals surface area contributed by atoms with E-state index in [-0.39, 0.29) is 0 Å². The SMILES string of the molecule is CCOCCN1CCN(C[C@H]2CCCCO2)CC1. The van der Waals surface area contributed by atoms with Gasteiger partial charge in [0.15, 0.2) is 0 Å². The lowest BCUT2D eigenvalue weighted by Gasteiger charge is -2.37. The second-order valence-corrected chi connectivity index (χ2v) is 5.33. The Morgan fingerprint density at radius 1 is 1.11 bits per heavy atom. The van der Waals surface area contributed by atoms with E-state index in [4.69, 9.17) is 9.47 Å². The van der Waals surface area contributed by atoms with Crippen molar-refractivity contribution in [1.29, 1.82) is 0 Å². The van der Waals surface area contributed by atoms with Crippen molar-refractivity contribution in [2.24, 2.45) is 0 Å². The van der Waals surface area contributed by atoms with Crippen molar-refractivity contribution in [2.75, 3.05) is 59.1 Å². The van der Waals surface area contributed by atoms with Gasteiger partial charge in [0.05, 0.1) is 12.7 Å². The Morgan fingerprint density at radius 3 is 2.56 bits per heavy atom. The number of hydrogen-bond acceptors (Lipinski definition) is 4. The van der Waals surface area contributed by atoms with Crippen LogP contribution in [0.25, 0.3) is 0 Å². The van der Waals surface area contributed by atoms with Crippen molar-refractivity contribution in [2.45, 2.75) is 32.3 Å². The fourth-order valence-electron chi connectivity index (χ4n) is 2.77. The van der Waals surface area contributed by atoms with E-state index in [1.807, 2.05) is 0 Å². The van der Waals surface area contributed by atoms with Crippen molar-refractivity contribution in [3.63, 3.8) is 0 Å². The second-order valence-electron chi connectivity index (χ2n) is 5.33. The second kappa shape index (κ2) is 8.10. The van der Waals surface area contributed by atoms with E-state index in [9.17, 15) is 0 Å². The highest BCUT2D eigenvalue weighted by Crippen LogP contribution is 2.14. The van der Waals surface area contributed by atoms with E-state index in [2.05, 4.69) is 16.7 Å². The Morgan fingerprint density at radius 2 is 1.89 bits per heavy atom. The van der Waals surface area contributed by atoms with E-state index in [1.54, 1.807) is 0 Å². The van der Waals surface area contributed by atoms with Crippen molar-refractivity contribution >= 4 is 0 Å². The van der Waals surface area contributed by atoms with Gasteiger partial charge in [-0.15, -0.1) is 0 Å². The summed E-state index contributed by atoms with van der Waals surface area (Å²) in [5.74, 6) is 0. The van der Waals surface area contributed by atoms with Gasteiger partial charge in [-0.1, -0.05) is 0 Å². The molecule has 0 spiro atoms. The van der Waals surface area contributed by atoms with Gasteiger partial charge in [-0.3, -0.25) is 9.80 Å². The molecule has 0 aromatic rings. The summed E-state index contributed by atoms with van der Waals surface area (Å²) in [5, 5.41) is 0. The first-order valence-corrected chi connectivity index (χ1v) is 7.52. The van der Waals surface area contributed by atoms with E-state index in [1.165, 1.54) is 45.4 Å². The number of piperazine rings is 1. The lowest BCUT2D eigenvalue weighted by molar-refractivity contribution is -0.0156. The molecule has 0 saturated carbocycles. The van der Waals surface area contributed by atoms with Gasteiger partial charge < -0.3 is 9.47 Å². The molecule has 106 valence electrons. The summed E-state index contributed by atoms with van der Waals surface area (Å²) in [6.07, 6.45) is 4.35. The molecule has 2 rings (SSSR count). The van der Waals surface area contributed by atoms with Crippen LogP contribution in [0.5, 0.6) is 0 Å². The van der Waals surface area contributed by atoms with Crippen molar-refractivity contribution in [3.8, 4) is 0 Å². The van der Waals surface area contributed by atoms with Crippen molar-refractivity contribution in [3.05, 3.63) is 0 Å². The normalized spacial score (nSPS) is 27.5. The lowest BCUT2D eigenvalue weighted by atomic mass is 10.1. The molecule has 2 saturated heterocycles. The minimum Gasteiger partial charge on any atom is -0.380 e. The molecule has 4 heteroatoms. The number of ether oxygens (including phenoxy) is 2. The quantitative estimate of drug-likeness (QED) is 0.667. The topological polar surface area (TPSA) is 24.9 Å². The molecule has 0 amide bonds. The van der Waals surface area contributed by atoms with Crippen LogP contribution in [-0.4, -0.2) is 75.0 Å². The molecule has 2 heterocycles. The Hall–Kier alpha value is -0.160. The number of nitrogens with zero attached hydrogens (tertiary/aromatic N) is 2. The van der Waals surface area contributed by atoms with Gasteiger partial charge in [0.25, 0.3) is 0 Å². The molecule has 0 radical (unpaired) electrons. The average molecular weight is 256 g/mol. The molecule has 0 aliphatic carbocycles. The summed E-state index contributed by atoms with van der Waals surface area (Å²) >= 11 is 0. The molecule has 2 aliphatic rings. The Balaban J connectivity index is 1.57. The molecule has 2 aliphatic heterocycles. The van der Waals surface area contributed by atoms with Gasteiger partial charge >= 0.3 is 0 Å². The molecule has 0 unspecified atom stereocenters. The van der Waals surface area contributed by atoms with Gasteiger partial charge in [0.1, 0.15) is 0 Å². The Labute approximate surface area is 111 Å². The van der Waals surface area contributed by atoms with Crippen molar-refractivity contribution in [1.82, 2.24) is 9.80 Å². The summed E-state index contributed by atoms with van der Waals surface area (Å²) < 4.78 is 11.2. The van der Waals surface area contributed by atoms with Gasteiger partial charge in [-0.05, 0) is 26.2 Å². The zero-order valence-corrected chi connectivity index (χ0v) is 11.8. The summed E-state index contributed by atoms with van der Waals surface area (Å²) in [5.41, 5.74) is 0. The predicted molar refractivity (Wildman–Crippen MR) is 73.0 cm³/mol. The van der Waals surface area contributed by atoms with Crippen LogP contribution in [0.4, 0.5) is 0 Å². The third-order valence-electron chi connectivity index (χ3n) is 3.96. The van der Waals surface area contributed by atoms with Crippen LogP contribution in [-0.2, 0) is 9.47 Å². The van der Waals surface area contributed by atoms with Crippen LogP contribution >= 0.6 is 0 Å². The molecule has 2 fully saturated rings. The van der Waals surface area contributed by atoms with Crippen LogP contribution in [0, 0.1) is 0 Å². The first kappa shape index (κ1) is 14.3. The summed E-state index contributed by atoms with van der Waals surface area (Å²) in [6.45, 7) is 11.7. The summed E-state index contributed by atoms with van der Waals surface area (Å²) in [7, 11) is 0. The van der Waals surface area contributed by atoms with Gasteiger partial charge in [0.2, 0.25) is 0 Å². The van der Waals surface area contributed by atoms with Gasteiger partial charge in [-0.2, -0.15) is 0 Å². The highest BCUT2D eigenvalue weighted by Gasteiger charge is 2.21. The average Bonchev–Trinajstić information content (AvgIpc) is 2.42. The maximum Gasteiger partial charge on any atom is 0.0702 e. The first-order valence-electron chi connectivity index (χ1n) is 7.52. The molecular weight excluding hydrogens is 228 g/mol. The van der Waals surface area contributed by atoms with Crippen LogP contribution in [0.3, 0.4) is 0 Å². The van der Waals surface area contributed by atoms with E-state index < -0.39 is 0 Å². The number of hydrogen-bond donors (Lipinski definition) is 0. The maximum atomic E-state index is 5.81. The predicted octanol–water partition coefficient (Wildman–Crippen LogP) is 1.21. The van der Waals surface area contributed by atoms with E-state index in [0.717, 1.165) is 32.9 Å². The monoisotopic (exact) mass is 256 g/mol. The van der Waals surface area contributed by atoms with E-state index >= 15 is 0 Å². The molecular formula is C14H28N2O2. The highest BCUT2D eigenvalue weighted by atomic mass is 16.5. The lowest BCUT2D eigenvalue weighted by Crippen LogP contribution is -2.49. The smallest absolute Gasteiger partial charge is 0.0702 e. The number of rotatable bonds is 6. The van der Waals surface area contributed by atoms with Gasteiger partial charge in [-0.25, -0.2) is 0 Å². The first-order chi connectivity index (χ1) is 8.88. The molecule has 0 aromatic heterocycles. The van der Waals surface area contributed by atoms with Crippen LogP contribution < -0.4 is 0 Å². The fourth-order valence-corrected chi connectivity index (χ4v) is 2.77. The fraction of sp³-hybridized carbons (Fsp3) is 1.00. The maximum absolute atomic E-state index is 5.81. The zero-order chi connectivity index (χ0) is 12.6. The molecule has 4 nitrogen and oxygen atoms in total. The summed E-state index contributed by atoms with van der Waals surface area (Å²) in [4.78, 5) is 5.07. The van der Waals surface area contributed by atoms with E-state index in [0.29, 0.717) is 6.10 Å². The van der Waals surface area contributed by atoms with Crippen LogP contribution in [0.1, 0.15) is 26.2 Å². The van der Waals surface area contributed by atoms with Crippen LogP contribution in [0.15, 0.2) is 0 Å². The summed E-state index contributed by atoms with van der Waals surface area (Å²) in [6, 6.07) is 0. The highest BCUT2D eigenvalue weighted by molar-refractivity contribution is 4.75.